The van der Waals surface area contributed by atoms with Crippen molar-refractivity contribution in [2.75, 3.05) is 67.1 Å². The van der Waals surface area contributed by atoms with Gasteiger partial charge >= 0.3 is 60.4 Å². The molecule has 2 aromatic carbocycles. The Morgan fingerprint density at radius 2 is 0.880 bits per heavy atom. The third-order valence-corrected chi connectivity index (χ3v) is 10.4. The van der Waals surface area contributed by atoms with E-state index in [4.69, 9.17) is 52.1 Å². The molecule has 0 aliphatic carbocycles. The fourth-order valence-corrected chi connectivity index (χ4v) is 6.47. The van der Waals surface area contributed by atoms with Gasteiger partial charge in [-0.25, -0.2) is 33.6 Å². The lowest BCUT2D eigenvalue weighted by atomic mass is 9.65. The number of rotatable bonds is 23. The average Bonchev–Trinajstić information content (AvgIpc) is 4.11. The lowest BCUT2D eigenvalue weighted by Gasteiger charge is -2.39. The lowest BCUT2D eigenvalue weighted by Crippen LogP contribution is -2.44. The van der Waals surface area contributed by atoms with Crippen LogP contribution in [0.15, 0.2) is 97.1 Å². The van der Waals surface area contributed by atoms with Crippen molar-refractivity contribution in [1.82, 2.24) is 0 Å². The first kappa shape index (κ1) is 83.4. The first-order valence-corrected chi connectivity index (χ1v) is 23.9. The quantitative estimate of drug-likeness (QED) is 0.0328. The maximum absolute atomic E-state index is 13.4. The van der Waals surface area contributed by atoms with Crippen LogP contribution in [0.1, 0.15) is 112 Å². The van der Waals surface area contributed by atoms with Crippen LogP contribution in [-0.4, -0.2) is 140 Å². The fourth-order valence-electron chi connectivity index (χ4n) is 6.47. The zero-order chi connectivity index (χ0) is 59.1. The number of carbonyl (C=O) groups excluding carboxylic acids is 10. The summed E-state index contributed by atoms with van der Waals surface area (Å²) in [5, 5.41) is 0. The minimum Gasteiger partial charge on any atom is -0.469 e. The number of methoxy groups -OCH3 is 2. The molecule has 4 unspecified atom stereocenters. The van der Waals surface area contributed by atoms with Gasteiger partial charge in [0, 0.05) is 16.7 Å². The van der Waals surface area contributed by atoms with E-state index in [9.17, 15) is 47.9 Å². The van der Waals surface area contributed by atoms with Gasteiger partial charge in [0.2, 0.25) is 0 Å². The Labute approximate surface area is 489 Å². The Kier molecular flexibility index (Phi) is 42.6. The molecule has 0 spiro atoms. The van der Waals surface area contributed by atoms with Crippen LogP contribution in [0.5, 0.6) is 11.5 Å². The largest absolute Gasteiger partial charge is 0.513 e. The van der Waals surface area contributed by atoms with Gasteiger partial charge < -0.3 is 66.3 Å². The number of ether oxygens (including phenoxy) is 14. The molecule has 470 valence electrons. The highest BCUT2D eigenvalue weighted by molar-refractivity contribution is 5.88. The number of esters is 6. The predicted molar refractivity (Wildman–Crippen MR) is 305 cm³/mol. The Morgan fingerprint density at radius 3 is 1.23 bits per heavy atom. The van der Waals surface area contributed by atoms with Crippen molar-refractivity contribution in [3.63, 3.8) is 0 Å². The molecular formula is C59H90O24. The molecule has 2 fully saturated rings. The molecule has 2 aromatic rings. The third-order valence-electron chi connectivity index (χ3n) is 10.4. The van der Waals surface area contributed by atoms with Crippen molar-refractivity contribution in [3.05, 3.63) is 97.1 Å². The van der Waals surface area contributed by atoms with E-state index in [1.165, 1.54) is 21.1 Å². The normalized spacial score (nSPS) is 14.4. The van der Waals surface area contributed by atoms with E-state index < -0.39 is 82.9 Å². The standard InChI is InChI=1S/C28H38O12.C13H14O5.C8H10O5.C5H8O2.5CH4/c1-7-27(4,22(30)34-6)18-28(5,23(31)37-15-20-16-38-25(33)40-20)17-26(2,3)21(29)35-13-14-36-24(32)39-19-11-9-8-10-12-19;1-10(2)12(14)16-8-9-17-13(15)18-11-6-4-3-5-7-11;1-5(2)7(9)11-3-6-4-12-8(10)13-6;1-4(2)5(6)7-3;;;;;/h8-12,20H,7,13-18H2,1-6H3;3-7H,1,8-9H2,2H3;6H,1,3-4H2,2H3;1H2,2-3H3;5*1H4. The van der Waals surface area contributed by atoms with E-state index in [1.54, 1.807) is 109 Å². The number of benzene rings is 2. The summed E-state index contributed by atoms with van der Waals surface area (Å²) < 4.78 is 67.8. The van der Waals surface area contributed by atoms with E-state index >= 15 is 0 Å². The van der Waals surface area contributed by atoms with Crippen LogP contribution in [0.3, 0.4) is 0 Å². The molecule has 24 nitrogen and oxygen atoms in total. The third kappa shape index (κ3) is 33.2. The van der Waals surface area contributed by atoms with Crippen LogP contribution in [0.4, 0.5) is 19.2 Å². The summed E-state index contributed by atoms with van der Waals surface area (Å²) in [4.78, 5) is 116. The zero-order valence-corrected chi connectivity index (χ0v) is 45.6. The minimum atomic E-state index is -1.35. The predicted octanol–water partition coefficient (Wildman–Crippen LogP) is 11.1. The van der Waals surface area contributed by atoms with Crippen molar-refractivity contribution in [2.24, 2.45) is 16.2 Å². The monoisotopic (exact) mass is 1180 g/mol. The van der Waals surface area contributed by atoms with Gasteiger partial charge in [0.1, 0.15) is 64.4 Å². The Balaban J connectivity index is -0.000000389. The van der Waals surface area contributed by atoms with Crippen molar-refractivity contribution >= 4 is 60.4 Å². The van der Waals surface area contributed by atoms with Crippen LogP contribution in [0, 0.1) is 16.2 Å². The summed E-state index contributed by atoms with van der Waals surface area (Å²) in [5.41, 5.74) is -2.58. The van der Waals surface area contributed by atoms with Crippen LogP contribution in [-0.2, 0) is 85.6 Å². The molecule has 24 heteroatoms. The van der Waals surface area contributed by atoms with Crippen molar-refractivity contribution < 1.29 is 114 Å². The molecule has 0 radical (unpaired) electrons. The van der Waals surface area contributed by atoms with E-state index in [1.807, 2.05) is 0 Å². The molecule has 0 aromatic heterocycles. The van der Waals surface area contributed by atoms with Gasteiger partial charge in [0.25, 0.3) is 0 Å². The van der Waals surface area contributed by atoms with Crippen molar-refractivity contribution in [3.8, 4) is 11.5 Å². The van der Waals surface area contributed by atoms with Gasteiger partial charge in [-0.05, 0) is 92.0 Å². The van der Waals surface area contributed by atoms with Gasteiger partial charge in [-0.3, -0.25) is 14.4 Å². The molecule has 0 bridgehead atoms. The van der Waals surface area contributed by atoms with Crippen LogP contribution >= 0.6 is 0 Å². The molecule has 2 heterocycles. The Bertz CT molecular complexity index is 2380. The molecule has 2 aliphatic rings. The second-order valence-electron chi connectivity index (χ2n) is 18.1. The zero-order valence-electron chi connectivity index (χ0n) is 45.6. The highest BCUT2D eigenvalue weighted by Gasteiger charge is 2.50. The molecule has 0 saturated carbocycles. The SMILES string of the molecule is C.C.C.C.C.C=C(C)C(=O)OC.C=C(C)C(=O)OCC1COC(=O)O1.C=C(C)C(=O)OCCOC(=O)Oc1ccccc1.CCC(C)(CC(C)(CC(C)(C)C(=O)OCCOC(=O)Oc1ccccc1)C(=O)OCC1COC(=O)O1)C(=O)OC. The number of hydrogen-bond acceptors (Lipinski definition) is 24. The average molecular weight is 1180 g/mol. The highest BCUT2D eigenvalue weighted by atomic mass is 16.8. The molecule has 4 atom stereocenters. The Morgan fingerprint density at radius 1 is 0.494 bits per heavy atom. The summed E-state index contributed by atoms with van der Waals surface area (Å²) in [6.07, 6.45) is -4.30. The van der Waals surface area contributed by atoms with Gasteiger partial charge in [0.05, 0.1) is 30.5 Å². The van der Waals surface area contributed by atoms with Crippen LogP contribution in [0.2, 0.25) is 0 Å². The molecule has 2 saturated heterocycles. The van der Waals surface area contributed by atoms with E-state index in [-0.39, 0.29) is 109 Å². The van der Waals surface area contributed by atoms with Gasteiger partial charge in [-0.1, -0.05) is 100 Å². The van der Waals surface area contributed by atoms with E-state index in [0.717, 1.165) is 0 Å². The summed E-state index contributed by atoms with van der Waals surface area (Å²) >= 11 is 0. The van der Waals surface area contributed by atoms with Crippen molar-refractivity contribution in [2.45, 2.75) is 124 Å². The van der Waals surface area contributed by atoms with E-state index in [2.05, 4.69) is 33.9 Å². The smallest absolute Gasteiger partial charge is 0.469 e. The van der Waals surface area contributed by atoms with Crippen LogP contribution in [0.25, 0.3) is 0 Å². The second-order valence-corrected chi connectivity index (χ2v) is 18.1. The number of cyclic esters (lactones) is 4. The second kappa shape index (κ2) is 42.4. The summed E-state index contributed by atoms with van der Waals surface area (Å²) in [6.45, 7) is 22.4. The fraction of sp³-hybridized carbons (Fsp3) is 0.525. The van der Waals surface area contributed by atoms with Gasteiger partial charge in [-0.2, -0.15) is 0 Å². The highest BCUT2D eigenvalue weighted by Crippen LogP contribution is 2.46. The van der Waals surface area contributed by atoms with Gasteiger partial charge in [0.15, 0.2) is 12.2 Å². The Hall–Kier alpha value is -8.44. The molecular weight excluding hydrogens is 1090 g/mol. The molecule has 83 heavy (non-hydrogen) atoms. The number of para-hydroxylation sites is 2. The molecule has 4 rings (SSSR count). The first-order valence-electron chi connectivity index (χ1n) is 23.9. The number of hydrogen-bond donors (Lipinski definition) is 0. The summed E-state index contributed by atoms with van der Waals surface area (Å²) in [5.74, 6) is -2.51. The van der Waals surface area contributed by atoms with Crippen molar-refractivity contribution in [1.29, 1.82) is 0 Å². The molecule has 0 N–H and O–H groups in total. The maximum atomic E-state index is 13.4. The van der Waals surface area contributed by atoms with E-state index in [0.29, 0.717) is 34.6 Å². The molecule has 2 aliphatic heterocycles. The number of carbonyl (C=O) groups is 10. The van der Waals surface area contributed by atoms with Gasteiger partial charge in [-0.15, -0.1) is 0 Å². The maximum Gasteiger partial charge on any atom is 0.513 e. The minimum absolute atomic E-state index is 0. The topological polar surface area (TPSA) is 300 Å². The molecule has 0 amide bonds. The van der Waals surface area contributed by atoms with Crippen LogP contribution < -0.4 is 9.47 Å². The first-order chi connectivity index (χ1) is 36.6. The summed E-state index contributed by atoms with van der Waals surface area (Å²) in [6, 6.07) is 16.9. The summed E-state index contributed by atoms with van der Waals surface area (Å²) in [7, 11) is 2.59. The lowest BCUT2D eigenvalue weighted by molar-refractivity contribution is -0.169.